The number of carbonyl (C=O) groups is 3. The molecule has 0 aromatic heterocycles. The van der Waals surface area contributed by atoms with E-state index in [2.05, 4.69) is 0 Å². The van der Waals surface area contributed by atoms with Gasteiger partial charge in [-0.2, -0.15) is 0 Å². The van der Waals surface area contributed by atoms with Crippen LogP contribution in [0.1, 0.15) is 31.1 Å². The van der Waals surface area contributed by atoms with E-state index < -0.39 is 35.6 Å². The summed E-state index contributed by atoms with van der Waals surface area (Å²) < 4.78 is 18.8. The lowest BCUT2D eigenvalue weighted by atomic mass is 10.1. The normalized spacial score (nSPS) is 14.5. The zero-order chi connectivity index (χ0) is 15.1. The number of benzene rings is 1. The second-order valence-corrected chi connectivity index (χ2v) is 5.44. The fraction of sp³-hybridized carbons (Fsp3) is 0.357. The van der Waals surface area contributed by atoms with Gasteiger partial charge in [0.05, 0.1) is 11.3 Å². The van der Waals surface area contributed by atoms with Crippen LogP contribution in [0.2, 0.25) is 0 Å². The molecule has 0 aliphatic carbocycles. The van der Waals surface area contributed by atoms with Crippen molar-refractivity contribution in [2.75, 3.05) is 11.4 Å². The maximum absolute atomic E-state index is 13.8. The zero-order valence-electron chi connectivity index (χ0n) is 11.4. The molecule has 0 saturated carbocycles. The molecule has 1 aliphatic heterocycles. The number of rotatable bonds is 2. The quantitative estimate of drug-likeness (QED) is 0.610. The van der Waals surface area contributed by atoms with Crippen molar-refractivity contribution in [1.29, 1.82) is 0 Å². The van der Waals surface area contributed by atoms with Crippen LogP contribution in [0, 0.1) is 5.82 Å². The number of ketones is 1. The zero-order valence-corrected chi connectivity index (χ0v) is 11.4. The highest BCUT2D eigenvalue weighted by molar-refractivity contribution is 6.52. The lowest BCUT2D eigenvalue weighted by molar-refractivity contribution is -0.153. The van der Waals surface area contributed by atoms with Gasteiger partial charge in [0.25, 0.3) is 11.7 Å². The van der Waals surface area contributed by atoms with Gasteiger partial charge in [0.2, 0.25) is 0 Å². The van der Waals surface area contributed by atoms with Gasteiger partial charge >= 0.3 is 5.97 Å². The van der Waals surface area contributed by atoms with E-state index in [0.717, 1.165) is 11.0 Å². The SMILES string of the molecule is CC(C)(C)OC(=O)CN1C(=O)C(=O)c2cccc(F)c21. The minimum atomic E-state index is -0.920. The number of nitrogens with zero attached hydrogens (tertiary/aromatic N) is 1. The topological polar surface area (TPSA) is 63.7 Å². The van der Waals surface area contributed by atoms with Gasteiger partial charge < -0.3 is 4.74 Å². The minimum Gasteiger partial charge on any atom is -0.459 e. The van der Waals surface area contributed by atoms with Crippen LogP contribution in [0.5, 0.6) is 0 Å². The predicted octanol–water partition coefficient (Wildman–Crippen LogP) is 1.70. The molecule has 0 bridgehead atoms. The lowest BCUT2D eigenvalue weighted by Gasteiger charge is -2.22. The van der Waals surface area contributed by atoms with Gasteiger partial charge in [-0.05, 0) is 32.9 Å². The number of ether oxygens (including phenoxy) is 1. The molecule has 1 aromatic carbocycles. The third kappa shape index (κ3) is 2.54. The number of halogens is 1. The highest BCUT2D eigenvalue weighted by Crippen LogP contribution is 2.31. The van der Waals surface area contributed by atoms with Gasteiger partial charge in [0.1, 0.15) is 18.0 Å². The Hall–Kier alpha value is -2.24. The van der Waals surface area contributed by atoms with E-state index in [1.165, 1.54) is 12.1 Å². The molecule has 1 aromatic rings. The average Bonchev–Trinajstić information content (AvgIpc) is 2.53. The van der Waals surface area contributed by atoms with Crippen LogP contribution < -0.4 is 4.90 Å². The van der Waals surface area contributed by atoms with E-state index >= 15 is 0 Å². The smallest absolute Gasteiger partial charge is 0.326 e. The van der Waals surface area contributed by atoms with Crippen molar-refractivity contribution < 1.29 is 23.5 Å². The van der Waals surface area contributed by atoms with Gasteiger partial charge in [-0.1, -0.05) is 6.07 Å². The molecule has 1 aliphatic rings. The molecule has 0 spiro atoms. The average molecular weight is 279 g/mol. The molecule has 106 valence electrons. The summed E-state index contributed by atoms with van der Waals surface area (Å²) in [4.78, 5) is 36.1. The van der Waals surface area contributed by atoms with E-state index in [4.69, 9.17) is 4.74 Å². The summed E-state index contributed by atoms with van der Waals surface area (Å²) in [5.74, 6) is -3.15. The molecule has 5 nitrogen and oxygen atoms in total. The first-order valence-electron chi connectivity index (χ1n) is 6.07. The molecule has 6 heteroatoms. The minimum absolute atomic E-state index is 0.0291. The standard InChI is InChI=1S/C14H14FNO4/c1-14(2,3)20-10(17)7-16-11-8(12(18)13(16)19)5-4-6-9(11)15/h4-6H,7H2,1-3H3. The Bertz CT molecular complexity index is 604. The summed E-state index contributed by atoms with van der Waals surface area (Å²) in [6.45, 7) is 4.54. The Kier molecular flexibility index (Phi) is 3.33. The van der Waals surface area contributed by atoms with Crippen LogP contribution in [-0.2, 0) is 14.3 Å². The molecule has 1 heterocycles. The number of hydrogen-bond acceptors (Lipinski definition) is 4. The molecule has 0 N–H and O–H groups in total. The van der Waals surface area contributed by atoms with Crippen molar-refractivity contribution in [3.05, 3.63) is 29.6 Å². The second kappa shape index (κ2) is 4.70. The highest BCUT2D eigenvalue weighted by atomic mass is 19.1. The molecule has 2 rings (SSSR count). The van der Waals surface area contributed by atoms with Crippen LogP contribution >= 0.6 is 0 Å². The van der Waals surface area contributed by atoms with Crippen molar-refractivity contribution in [1.82, 2.24) is 0 Å². The number of anilines is 1. The van der Waals surface area contributed by atoms with Crippen molar-refractivity contribution in [2.45, 2.75) is 26.4 Å². The number of para-hydroxylation sites is 1. The summed E-state index contributed by atoms with van der Waals surface area (Å²) in [5.41, 5.74) is -0.908. The van der Waals surface area contributed by atoms with Gasteiger partial charge in [-0.25, -0.2) is 4.39 Å². The first kappa shape index (κ1) is 14.2. The van der Waals surface area contributed by atoms with Crippen LogP contribution in [0.15, 0.2) is 18.2 Å². The number of Topliss-reactive ketones (excluding diaryl/α,β-unsaturated/α-hetero) is 1. The number of amides is 1. The largest absolute Gasteiger partial charge is 0.459 e. The number of fused-ring (bicyclic) bond motifs is 1. The molecule has 20 heavy (non-hydrogen) atoms. The van der Waals surface area contributed by atoms with Gasteiger partial charge in [-0.3, -0.25) is 19.3 Å². The molecular weight excluding hydrogens is 265 g/mol. The fourth-order valence-electron chi connectivity index (χ4n) is 1.97. The number of carbonyl (C=O) groups excluding carboxylic acids is 3. The van der Waals surface area contributed by atoms with Gasteiger partial charge in [-0.15, -0.1) is 0 Å². The fourth-order valence-corrected chi connectivity index (χ4v) is 1.97. The molecule has 0 atom stereocenters. The first-order chi connectivity index (χ1) is 9.20. The monoisotopic (exact) mass is 279 g/mol. The van der Waals surface area contributed by atoms with Crippen LogP contribution in [0.25, 0.3) is 0 Å². The maximum atomic E-state index is 13.8. The van der Waals surface area contributed by atoms with Gasteiger partial charge in [0, 0.05) is 0 Å². The van der Waals surface area contributed by atoms with Crippen molar-refractivity contribution in [3.8, 4) is 0 Å². The Morgan fingerprint density at radius 2 is 1.95 bits per heavy atom. The van der Waals surface area contributed by atoms with E-state index in [1.54, 1.807) is 20.8 Å². The third-order valence-corrected chi connectivity index (χ3v) is 2.65. The van der Waals surface area contributed by atoms with Crippen LogP contribution in [-0.4, -0.2) is 29.8 Å². The number of hydrogen-bond donors (Lipinski definition) is 0. The summed E-state index contributed by atoms with van der Waals surface area (Å²) >= 11 is 0. The van der Waals surface area contributed by atoms with E-state index in [9.17, 15) is 18.8 Å². The van der Waals surface area contributed by atoms with Crippen molar-refractivity contribution in [2.24, 2.45) is 0 Å². The highest BCUT2D eigenvalue weighted by Gasteiger charge is 2.39. The van der Waals surface area contributed by atoms with Gasteiger partial charge in [0.15, 0.2) is 0 Å². The maximum Gasteiger partial charge on any atom is 0.326 e. The summed E-state index contributed by atoms with van der Waals surface area (Å²) in [7, 11) is 0. The Balaban J connectivity index is 2.29. The summed E-state index contributed by atoms with van der Waals surface area (Å²) in [6, 6.07) is 3.83. The van der Waals surface area contributed by atoms with E-state index in [1.807, 2.05) is 0 Å². The van der Waals surface area contributed by atoms with Crippen LogP contribution in [0.3, 0.4) is 0 Å². The van der Waals surface area contributed by atoms with E-state index in [0.29, 0.717) is 0 Å². The van der Waals surface area contributed by atoms with Crippen molar-refractivity contribution >= 4 is 23.3 Å². The van der Waals surface area contributed by atoms with Crippen molar-refractivity contribution in [3.63, 3.8) is 0 Å². The molecule has 0 fully saturated rings. The Labute approximate surface area is 115 Å². The molecule has 0 unspecified atom stereocenters. The molecule has 1 amide bonds. The Morgan fingerprint density at radius 3 is 2.55 bits per heavy atom. The number of esters is 1. The third-order valence-electron chi connectivity index (χ3n) is 2.65. The Morgan fingerprint density at radius 1 is 1.30 bits per heavy atom. The summed E-state index contributed by atoms with van der Waals surface area (Å²) in [5, 5.41) is 0. The predicted molar refractivity (Wildman–Crippen MR) is 68.9 cm³/mol. The van der Waals surface area contributed by atoms with E-state index in [-0.39, 0.29) is 11.3 Å². The lowest BCUT2D eigenvalue weighted by Crippen LogP contribution is -2.38. The first-order valence-corrected chi connectivity index (χ1v) is 6.07. The molecule has 0 saturated heterocycles. The second-order valence-electron chi connectivity index (χ2n) is 5.44. The van der Waals surface area contributed by atoms with Crippen LogP contribution in [0.4, 0.5) is 10.1 Å². The molecule has 0 radical (unpaired) electrons. The molecular formula is C14H14FNO4. The summed E-state index contributed by atoms with van der Waals surface area (Å²) in [6.07, 6.45) is 0.